The van der Waals surface area contributed by atoms with Crippen LogP contribution in [0.3, 0.4) is 0 Å². The van der Waals surface area contributed by atoms with Gasteiger partial charge in [-0.25, -0.2) is 0 Å². The molecule has 0 aromatic heterocycles. The molecule has 0 saturated carbocycles. The molecular formula is C15H29NO3. The van der Waals surface area contributed by atoms with E-state index in [-0.39, 0.29) is 18.3 Å². The van der Waals surface area contributed by atoms with E-state index in [1.165, 1.54) is 38.5 Å². The largest absolute Gasteiger partial charge is 0.466 e. The maximum Gasteiger partial charge on any atom is 0.308 e. The third-order valence-corrected chi connectivity index (χ3v) is 3.52. The molecule has 0 bridgehead atoms. The van der Waals surface area contributed by atoms with Crippen molar-refractivity contribution >= 4 is 5.97 Å². The number of ether oxygens (including phenoxy) is 2. The molecule has 0 spiro atoms. The van der Waals surface area contributed by atoms with Crippen molar-refractivity contribution in [2.45, 2.75) is 83.5 Å². The second kappa shape index (κ2) is 10.2. The number of hydrogen-bond acceptors (Lipinski definition) is 4. The van der Waals surface area contributed by atoms with Crippen LogP contribution < -0.4 is 5.73 Å². The third kappa shape index (κ3) is 8.22. The summed E-state index contributed by atoms with van der Waals surface area (Å²) in [7, 11) is 0. The predicted octanol–water partition coefficient (Wildman–Crippen LogP) is 3.13. The van der Waals surface area contributed by atoms with Crippen molar-refractivity contribution in [3.63, 3.8) is 0 Å². The van der Waals surface area contributed by atoms with Crippen LogP contribution in [0.2, 0.25) is 0 Å². The molecule has 1 rings (SSSR count). The molecule has 0 aromatic rings. The number of nitrogens with two attached hydrogens (primary N) is 1. The quantitative estimate of drug-likeness (QED) is 0.463. The molecule has 0 aromatic carbocycles. The Balaban J connectivity index is 1.79. The van der Waals surface area contributed by atoms with Crippen molar-refractivity contribution in [2.24, 2.45) is 5.73 Å². The number of carbonyl (C=O) groups excluding carboxylic acids is 1. The fraction of sp³-hybridized carbons (Fsp3) is 0.933. The van der Waals surface area contributed by atoms with E-state index in [1.807, 2.05) is 0 Å². The number of unbranched alkanes of at least 4 members (excludes halogenated alkanes) is 7. The first-order valence-corrected chi connectivity index (χ1v) is 7.79. The van der Waals surface area contributed by atoms with Crippen molar-refractivity contribution in [1.29, 1.82) is 0 Å². The summed E-state index contributed by atoms with van der Waals surface area (Å²) in [4.78, 5) is 11.4. The van der Waals surface area contributed by atoms with Gasteiger partial charge in [0.05, 0.1) is 19.1 Å². The molecule has 2 atom stereocenters. The highest BCUT2D eigenvalue weighted by atomic mass is 16.5. The highest BCUT2D eigenvalue weighted by Gasteiger charge is 2.29. The Morgan fingerprint density at radius 2 is 1.74 bits per heavy atom. The lowest BCUT2D eigenvalue weighted by atomic mass is 10.1. The highest BCUT2D eigenvalue weighted by molar-refractivity contribution is 5.70. The van der Waals surface area contributed by atoms with Gasteiger partial charge >= 0.3 is 5.97 Å². The first kappa shape index (κ1) is 16.4. The van der Waals surface area contributed by atoms with Crippen molar-refractivity contribution in [2.75, 3.05) is 6.61 Å². The molecule has 112 valence electrons. The summed E-state index contributed by atoms with van der Waals surface area (Å²) < 4.78 is 10.3. The lowest BCUT2D eigenvalue weighted by Crippen LogP contribution is -2.44. The first-order chi connectivity index (χ1) is 9.22. The SMILES string of the molecule is CCCCCCCCCCOC(=O)CC1CC(N)O1. The van der Waals surface area contributed by atoms with Gasteiger partial charge in [0.2, 0.25) is 0 Å². The van der Waals surface area contributed by atoms with Gasteiger partial charge in [0.25, 0.3) is 0 Å². The lowest BCUT2D eigenvalue weighted by Gasteiger charge is -2.32. The van der Waals surface area contributed by atoms with E-state index in [0.29, 0.717) is 13.0 Å². The molecule has 1 saturated heterocycles. The van der Waals surface area contributed by atoms with Gasteiger partial charge in [-0.1, -0.05) is 51.9 Å². The average molecular weight is 271 g/mol. The minimum Gasteiger partial charge on any atom is -0.466 e. The fourth-order valence-corrected chi connectivity index (χ4v) is 2.29. The van der Waals surface area contributed by atoms with Gasteiger partial charge < -0.3 is 15.2 Å². The van der Waals surface area contributed by atoms with E-state index in [0.717, 1.165) is 19.3 Å². The number of hydrogen-bond donors (Lipinski definition) is 1. The van der Waals surface area contributed by atoms with Crippen LogP contribution in [-0.4, -0.2) is 24.9 Å². The molecule has 2 unspecified atom stereocenters. The Labute approximate surface area is 117 Å². The molecule has 0 amide bonds. The monoisotopic (exact) mass is 271 g/mol. The van der Waals surface area contributed by atoms with Gasteiger partial charge in [-0.3, -0.25) is 4.79 Å². The van der Waals surface area contributed by atoms with Gasteiger partial charge in [-0.05, 0) is 6.42 Å². The standard InChI is InChI=1S/C15H29NO3/c1-2-3-4-5-6-7-8-9-10-18-15(17)12-13-11-14(16)19-13/h13-14H,2-12,16H2,1H3. The maximum absolute atomic E-state index is 11.4. The zero-order chi connectivity index (χ0) is 13.9. The summed E-state index contributed by atoms with van der Waals surface area (Å²) in [5, 5.41) is 0. The number of rotatable bonds is 11. The van der Waals surface area contributed by atoms with Crippen LogP contribution in [0.25, 0.3) is 0 Å². The van der Waals surface area contributed by atoms with Gasteiger partial charge in [-0.2, -0.15) is 0 Å². The molecule has 1 aliphatic heterocycles. The van der Waals surface area contributed by atoms with Crippen LogP contribution in [-0.2, 0) is 14.3 Å². The number of carbonyl (C=O) groups is 1. The van der Waals surface area contributed by atoms with Gasteiger partial charge in [0.1, 0.15) is 6.23 Å². The van der Waals surface area contributed by atoms with E-state index in [4.69, 9.17) is 15.2 Å². The minimum atomic E-state index is -0.175. The van der Waals surface area contributed by atoms with Crippen molar-refractivity contribution in [3.05, 3.63) is 0 Å². The zero-order valence-corrected chi connectivity index (χ0v) is 12.2. The molecule has 0 radical (unpaired) electrons. The van der Waals surface area contributed by atoms with E-state index in [2.05, 4.69) is 6.92 Å². The van der Waals surface area contributed by atoms with E-state index >= 15 is 0 Å². The van der Waals surface area contributed by atoms with Crippen LogP contribution in [0.5, 0.6) is 0 Å². The first-order valence-electron chi connectivity index (χ1n) is 7.79. The molecule has 4 nitrogen and oxygen atoms in total. The molecule has 2 N–H and O–H groups in total. The van der Waals surface area contributed by atoms with Crippen LogP contribution in [0.4, 0.5) is 0 Å². The van der Waals surface area contributed by atoms with E-state index in [1.54, 1.807) is 0 Å². The Morgan fingerprint density at radius 1 is 1.16 bits per heavy atom. The van der Waals surface area contributed by atoms with Gasteiger partial charge in [0, 0.05) is 6.42 Å². The highest BCUT2D eigenvalue weighted by Crippen LogP contribution is 2.19. The van der Waals surface area contributed by atoms with Gasteiger partial charge in [0.15, 0.2) is 0 Å². The normalized spacial score (nSPS) is 22.0. The second-order valence-corrected chi connectivity index (χ2v) is 5.43. The minimum absolute atomic E-state index is 0.0129. The topological polar surface area (TPSA) is 61.5 Å². The molecule has 4 heteroatoms. The Morgan fingerprint density at radius 3 is 2.32 bits per heavy atom. The lowest BCUT2D eigenvalue weighted by molar-refractivity contribution is -0.160. The number of esters is 1. The Kier molecular flexibility index (Phi) is 8.84. The molecular weight excluding hydrogens is 242 g/mol. The molecule has 0 aliphatic carbocycles. The Bertz CT molecular complexity index is 240. The summed E-state index contributed by atoms with van der Waals surface area (Å²) in [6, 6.07) is 0. The maximum atomic E-state index is 11.4. The van der Waals surface area contributed by atoms with Gasteiger partial charge in [-0.15, -0.1) is 0 Å². The van der Waals surface area contributed by atoms with Crippen molar-refractivity contribution < 1.29 is 14.3 Å². The fourth-order valence-electron chi connectivity index (χ4n) is 2.29. The summed E-state index contributed by atoms with van der Waals surface area (Å²) in [5.74, 6) is -0.153. The van der Waals surface area contributed by atoms with E-state index < -0.39 is 0 Å². The van der Waals surface area contributed by atoms with Crippen LogP contribution in [0, 0.1) is 0 Å². The molecule has 1 fully saturated rings. The molecule has 19 heavy (non-hydrogen) atoms. The Hall–Kier alpha value is -0.610. The molecule has 1 aliphatic rings. The summed E-state index contributed by atoms with van der Waals surface area (Å²) in [6.07, 6.45) is 11.0. The van der Waals surface area contributed by atoms with Crippen LogP contribution in [0.15, 0.2) is 0 Å². The smallest absolute Gasteiger partial charge is 0.308 e. The third-order valence-electron chi connectivity index (χ3n) is 3.52. The molecule has 1 heterocycles. The van der Waals surface area contributed by atoms with E-state index in [9.17, 15) is 4.79 Å². The van der Waals surface area contributed by atoms with Crippen molar-refractivity contribution in [3.8, 4) is 0 Å². The zero-order valence-electron chi connectivity index (χ0n) is 12.2. The summed E-state index contributed by atoms with van der Waals surface area (Å²) >= 11 is 0. The average Bonchev–Trinajstić information content (AvgIpc) is 2.35. The van der Waals surface area contributed by atoms with Crippen molar-refractivity contribution in [1.82, 2.24) is 0 Å². The van der Waals surface area contributed by atoms with Crippen LogP contribution in [0.1, 0.15) is 71.1 Å². The second-order valence-electron chi connectivity index (χ2n) is 5.43. The predicted molar refractivity (Wildman–Crippen MR) is 75.7 cm³/mol. The summed E-state index contributed by atoms with van der Waals surface area (Å²) in [6.45, 7) is 2.78. The summed E-state index contributed by atoms with van der Waals surface area (Å²) in [5.41, 5.74) is 5.47. The van der Waals surface area contributed by atoms with Crippen LogP contribution >= 0.6 is 0 Å².